The summed E-state index contributed by atoms with van der Waals surface area (Å²) in [5.74, 6) is -0.177. The lowest BCUT2D eigenvalue weighted by Gasteiger charge is -2.17. The lowest BCUT2D eigenvalue weighted by molar-refractivity contribution is 0.0939. The molecule has 2 N–H and O–H groups in total. The van der Waals surface area contributed by atoms with Crippen LogP contribution in [-0.2, 0) is 10.0 Å². The smallest absolute Gasteiger partial charge is 0.251 e. The summed E-state index contributed by atoms with van der Waals surface area (Å²) in [5, 5.41) is 2.89. The Kier molecular flexibility index (Phi) is 5.81. The van der Waals surface area contributed by atoms with Crippen LogP contribution in [0.3, 0.4) is 0 Å². The zero-order valence-electron chi connectivity index (χ0n) is 14.7. The number of methoxy groups -OCH3 is 1. The summed E-state index contributed by atoms with van der Waals surface area (Å²) < 4.78 is 31.6. The maximum absolute atomic E-state index is 12.5. The molecular weight excluding hydrogens is 340 g/mol. The second kappa shape index (κ2) is 7.67. The van der Waals surface area contributed by atoms with E-state index >= 15 is 0 Å². The number of hydrogen-bond donors (Lipinski definition) is 2. The van der Waals surface area contributed by atoms with Gasteiger partial charge in [0.2, 0.25) is 10.0 Å². The number of nitrogens with one attached hydrogen (secondary N) is 2. The van der Waals surface area contributed by atoms with E-state index in [4.69, 9.17) is 4.74 Å². The van der Waals surface area contributed by atoms with Crippen molar-refractivity contribution in [2.24, 2.45) is 0 Å². The van der Waals surface area contributed by atoms with E-state index in [9.17, 15) is 13.2 Å². The Bertz CT molecular complexity index is 878. The van der Waals surface area contributed by atoms with E-state index in [2.05, 4.69) is 10.0 Å². The monoisotopic (exact) mass is 362 g/mol. The van der Waals surface area contributed by atoms with Crippen molar-refractivity contribution in [3.05, 3.63) is 59.2 Å². The predicted molar refractivity (Wildman–Crippen MR) is 96.3 cm³/mol. The summed E-state index contributed by atoms with van der Waals surface area (Å²) in [5.41, 5.74) is 2.32. The average Bonchev–Trinajstić information content (AvgIpc) is 2.61. The van der Waals surface area contributed by atoms with Crippen LogP contribution in [0.15, 0.2) is 47.4 Å². The predicted octanol–water partition coefficient (Wildman–Crippen LogP) is 2.40. The highest BCUT2D eigenvalue weighted by molar-refractivity contribution is 7.89. The highest BCUT2D eigenvalue weighted by Crippen LogP contribution is 2.25. The maximum atomic E-state index is 12.5. The third kappa shape index (κ3) is 4.18. The topological polar surface area (TPSA) is 84.5 Å². The Labute approximate surface area is 148 Å². The molecule has 6 nitrogen and oxygen atoms in total. The molecule has 0 spiro atoms. The molecule has 0 heterocycles. The second-order valence-electron chi connectivity index (χ2n) is 5.62. The number of benzene rings is 2. The number of ether oxygens (including phenoxy) is 1. The number of sulfonamides is 1. The number of amides is 1. The first-order valence-electron chi connectivity index (χ1n) is 7.78. The fraction of sp³-hybridized carbons (Fsp3) is 0.278. The summed E-state index contributed by atoms with van der Waals surface area (Å²) >= 11 is 0. The molecule has 1 unspecified atom stereocenters. The van der Waals surface area contributed by atoms with Gasteiger partial charge in [0.05, 0.1) is 13.2 Å². The van der Waals surface area contributed by atoms with Gasteiger partial charge < -0.3 is 10.1 Å². The molecule has 0 radical (unpaired) electrons. The molecule has 0 aliphatic carbocycles. The first kappa shape index (κ1) is 19.0. The van der Waals surface area contributed by atoms with Gasteiger partial charge in [0.1, 0.15) is 10.6 Å². The van der Waals surface area contributed by atoms with Gasteiger partial charge in [-0.15, -0.1) is 0 Å². The third-order valence-electron chi connectivity index (χ3n) is 3.99. The second-order valence-corrected chi connectivity index (χ2v) is 7.48. The summed E-state index contributed by atoms with van der Waals surface area (Å²) in [6, 6.07) is 11.9. The van der Waals surface area contributed by atoms with Crippen molar-refractivity contribution < 1.29 is 17.9 Å². The molecule has 0 saturated carbocycles. The van der Waals surface area contributed by atoms with Gasteiger partial charge in [-0.1, -0.05) is 24.3 Å². The molecule has 2 aromatic carbocycles. The molecule has 0 aliphatic rings. The Hall–Kier alpha value is -2.38. The van der Waals surface area contributed by atoms with Crippen LogP contribution < -0.4 is 14.8 Å². The lowest BCUT2D eigenvalue weighted by Crippen LogP contribution is -2.27. The zero-order chi connectivity index (χ0) is 18.6. The molecule has 2 rings (SSSR count). The van der Waals surface area contributed by atoms with Crippen molar-refractivity contribution in [1.29, 1.82) is 0 Å². The molecule has 0 aromatic heterocycles. The van der Waals surface area contributed by atoms with Crippen LogP contribution in [0.4, 0.5) is 0 Å². The van der Waals surface area contributed by atoms with Crippen LogP contribution in [0, 0.1) is 6.92 Å². The van der Waals surface area contributed by atoms with Crippen LogP contribution in [0.5, 0.6) is 5.75 Å². The highest BCUT2D eigenvalue weighted by Gasteiger charge is 2.21. The standard InChI is InChI=1S/C18H22N2O4S/c1-12-7-5-6-8-15(12)13(2)20-18(21)14-9-10-16(24-4)17(11-14)25(22,23)19-3/h5-11,13,19H,1-4H3,(H,20,21). The van der Waals surface area contributed by atoms with E-state index in [1.54, 1.807) is 0 Å². The fourth-order valence-electron chi connectivity index (χ4n) is 2.57. The fourth-order valence-corrected chi connectivity index (χ4v) is 3.49. The molecule has 0 aliphatic heterocycles. The van der Waals surface area contributed by atoms with Gasteiger partial charge in [0.15, 0.2) is 0 Å². The molecule has 2 aromatic rings. The van der Waals surface area contributed by atoms with Crippen molar-refractivity contribution in [3.8, 4) is 5.75 Å². The van der Waals surface area contributed by atoms with Crippen LogP contribution in [0.2, 0.25) is 0 Å². The zero-order valence-corrected chi connectivity index (χ0v) is 15.5. The quantitative estimate of drug-likeness (QED) is 0.826. The summed E-state index contributed by atoms with van der Waals surface area (Å²) in [6.45, 7) is 3.86. The van der Waals surface area contributed by atoms with E-state index in [1.165, 1.54) is 32.4 Å². The van der Waals surface area contributed by atoms with Crippen molar-refractivity contribution >= 4 is 15.9 Å². The number of carbonyl (C=O) groups is 1. The van der Waals surface area contributed by atoms with E-state index in [0.717, 1.165) is 11.1 Å². The average molecular weight is 362 g/mol. The SMILES string of the molecule is CNS(=O)(=O)c1cc(C(=O)NC(C)c2ccccc2C)ccc1OC. The molecule has 0 saturated heterocycles. The molecule has 7 heteroatoms. The summed E-state index contributed by atoms with van der Waals surface area (Å²) in [6.07, 6.45) is 0. The van der Waals surface area contributed by atoms with E-state index < -0.39 is 10.0 Å². The molecule has 134 valence electrons. The molecule has 0 bridgehead atoms. The van der Waals surface area contributed by atoms with Gasteiger partial charge in [-0.2, -0.15) is 0 Å². The third-order valence-corrected chi connectivity index (χ3v) is 5.42. The number of rotatable bonds is 6. The molecule has 25 heavy (non-hydrogen) atoms. The Balaban J connectivity index is 2.31. The van der Waals surface area contributed by atoms with Crippen molar-refractivity contribution in [2.45, 2.75) is 24.8 Å². The number of carbonyl (C=O) groups excluding carboxylic acids is 1. The molecule has 1 atom stereocenters. The molecule has 1 amide bonds. The van der Waals surface area contributed by atoms with E-state index in [-0.39, 0.29) is 28.2 Å². The Morgan fingerprint density at radius 2 is 1.84 bits per heavy atom. The van der Waals surface area contributed by atoms with E-state index in [0.29, 0.717) is 0 Å². The van der Waals surface area contributed by atoms with Crippen molar-refractivity contribution in [3.63, 3.8) is 0 Å². The first-order valence-corrected chi connectivity index (χ1v) is 9.26. The van der Waals surface area contributed by atoms with Crippen LogP contribution >= 0.6 is 0 Å². The largest absolute Gasteiger partial charge is 0.495 e. The minimum Gasteiger partial charge on any atom is -0.495 e. The molecular formula is C18H22N2O4S. The number of hydrogen-bond acceptors (Lipinski definition) is 4. The van der Waals surface area contributed by atoms with Gasteiger partial charge in [0, 0.05) is 5.56 Å². The maximum Gasteiger partial charge on any atom is 0.251 e. The number of aryl methyl sites for hydroxylation is 1. The summed E-state index contributed by atoms with van der Waals surface area (Å²) in [4.78, 5) is 12.5. The van der Waals surface area contributed by atoms with Crippen molar-refractivity contribution in [1.82, 2.24) is 10.0 Å². The van der Waals surface area contributed by atoms with Gasteiger partial charge in [0.25, 0.3) is 5.91 Å². The minimum atomic E-state index is -3.74. The molecule has 0 fully saturated rings. The normalized spacial score (nSPS) is 12.5. The van der Waals surface area contributed by atoms with Crippen LogP contribution in [-0.4, -0.2) is 28.5 Å². The van der Waals surface area contributed by atoms with Crippen LogP contribution in [0.25, 0.3) is 0 Å². The Morgan fingerprint density at radius 3 is 2.44 bits per heavy atom. The van der Waals surface area contributed by atoms with Gasteiger partial charge in [-0.25, -0.2) is 13.1 Å². The summed E-state index contributed by atoms with van der Waals surface area (Å²) in [7, 11) is -1.05. The minimum absolute atomic E-state index is 0.0753. The first-order chi connectivity index (χ1) is 11.8. The van der Waals surface area contributed by atoms with Crippen LogP contribution in [0.1, 0.15) is 34.5 Å². The highest BCUT2D eigenvalue weighted by atomic mass is 32.2. The van der Waals surface area contributed by atoms with Crippen molar-refractivity contribution in [2.75, 3.05) is 14.2 Å². The Morgan fingerprint density at radius 1 is 1.16 bits per heavy atom. The van der Waals surface area contributed by atoms with E-state index in [1.807, 2.05) is 38.1 Å². The van der Waals surface area contributed by atoms with Gasteiger partial charge in [-0.05, 0) is 50.2 Å². The lowest BCUT2D eigenvalue weighted by atomic mass is 10.0. The van der Waals surface area contributed by atoms with Gasteiger partial charge in [-0.3, -0.25) is 4.79 Å². The van der Waals surface area contributed by atoms with Gasteiger partial charge >= 0.3 is 0 Å².